The largest absolute Gasteiger partial charge is 0.484 e. The first-order chi connectivity index (χ1) is 14.0. The van der Waals surface area contributed by atoms with Crippen LogP contribution in [0.5, 0.6) is 5.75 Å². The lowest BCUT2D eigenvalue weighted by atomic mass is 10.1. The summed E-state index contributed by atoms with van der Waals surface area (Å²) in [6.45, 7) is 5.10. The van der Waals surface area contributed by atoms with Gasteiger partial charge in [0, 0.05) is 19.6 Å². The molecule has 1 amide bonds. The Kier molecular flexibility index (Phi) is 9.41. The van der Waals surface area contributed by atoms with Gasteiger partial charge in [-0.05, 0) is 50.8 Å². The predicted molar refractivity (Wildman–Crippen MR) is 126 cm³/mol. The number of nitrogens with zero attached hydrogens (tertiary/aromatic N) is 2. The van der Waals surface area contributed by atoms with E-state index in [9.17, 15) is 4.79 Å². The van der Waals surface area contributed by atoms with Crippen LogP contribution in [0.4, 0.5) is 0 Å². The molecule has 1 aliphatic carbocycles. The lowest BCUT2D eigenvalue weighted by Gasteiger charge is -2.11. The first-order valence-electron chi connectivity index (χ1n) is 9.92. The fraction of sp³-hybridized carbons (Fsp3) is 0.476. The van der Waals surface area contributed by atoms with E-state index in [1.54, 1.807) is 7.05 Å². The molecule has 2 aromatic rings. The van der Waals surface area contributed by atoms with Crippen LogP contribution >= 0.6 is 24.0 Å². The van der Waals surface area contributed by atoms with Crippen LogP contribution in [0.1, 0.15) is 35.7 Å². The summed E-state index contributed by atoms with van der Waals surface area (Å²) in [6.07, 6.45) is 2.99. The van der Waals surface area contributed by atoms with Gasteiger partial charge in [0.1, 0.15) is 11.5 Å². The molecule has 0 aliphatic heterocycles. The van der Waals surface area contributed by atoms with Crippen LogP contribution in [-0.2, 0) is 17.8 Å². The standard InChI is InChI=1S/C21H29N5O3.HI/c1-14-15(2)29-20(25-14)12-24-21(22-3)23-11-10-16-4-8-18(9-5-16)28-13-19(27)26-17-6-7-17;/h4-5,8-9,17H,6-7,10-13H2,1-3H3,(H,26,27)(H2,22,23,24);1H. The number of aromatic nitrogens is 1. The van der Waals surface area contributed by atoms with Crippen molar-refractivity contribution in [2.24, 2.45) is 4.99 Å². The Morgan fingerprint density at radius 1 is 1.23 bits per heavy atom. The average Bonchev–Trinajstić information content (AvgIpc) is 3.47. The molecule has 1 saturated carbocycles. The van der Waals surface area contributed by atoms with Gasteiger partial charge < -0.3 is 25.1 Å². The second-order valence-electron chi connectivity index (χ2n) is 7.13. The Balaban J connectivity index is 0.00000320. The number of benzene rings is 1. The zero-order chi connectivity index (χ0) is 20.6. The Bertz CT molecular complexity index is 827. The number of carbonyl (C=O) groups excluding carboxylic acids is 1. The topological polar surface area (TPSA) is 101 Å². The summed E-state index contributed by atoms with van der Waals surface area (Å²) in [5, 5.41) is 9.37. The van der Waals surface area contributed by atoms with Crippen LogP contribution in [0.3, 0.4) is 0 Å². The summed E-state index contributed by atoms with van der Waals surface area (Å²) in [5.41, 5.74) is 2.07. The van der Waals surface area contributed by atoms with E-state index in [2.05, 4.69) is 25.9 Å². The molecule has 0 bridgehead atoms. The molecule has 0 spiro atoms. The van der Waals surface area contributed by atoms with Crippen LogP contribution in [0.2, 0.25) is 0 Å². The van der Waals surface area contributed by atoms with Crippen molar-refractivity contribution in [2.45, 2.75) is 45.7 Å². The van der Waals surface area contributed by atoms with Gasteiger partial charge in [-0.25, -0.2) is 4.98 Å². The Hall–Kier alpha value is -2.30. The number of oxazole rings is 1. The minimum absolute atomic E-state index is 0. The number of guanidine groups is 1. The van der Waals surface area contributed by atoms with Crippen molar-refractivity contribution in [3.05, 3.63) is 47.2 Å². The molecule has 1 aromatic carbocycles. The van der Waals surface area contributed by atoms with Crippen molar-refractivity contribution in [2.75, 3.05) is 20.2 Å². The van der Waals surface area contributed by atoms with Gasteiger partial charge in [0.05, 0.1) is 12.2 Å². The SMILES string of the molecule is CN=C(NCCc1ccc(OCC(=O)NC2CC2)cc1)NCc1nc(C)c(C)o1.I. The zero-order valence-electron chi connectivity index (χ0n) is 17.7. The number of amides is 1. The minimum Gasteiger partial charge on any atom is -0.484 e. The highest BCUT2D eigenvalue weighted by molar-refractivity contribution is 14.0. The molecule has 8 nitrogen and oxygen atoms in total. The van der Waals surface area contributed by atoms with Gasteiger partial charge in [-0.2, -0.15) is 0 Å². The number of aryl methyl sites for hydroxylation is 2. The lowest BCUT2D eigenvalue weighted by molar-refractivity contribution is -0.123. The highest BCUT2D eigenvalue weighted by Crippen LogP contribution is 2.18. The molecular weight excluding hydrogens is 497 g/mol. The number of ether oxygens (including phenoxy) is 1. The fourth-order valence-corrected chi connectivity index (χ4v) is 2.72. The van der Waals surface area contributed by atoms with Crippen molar-refractivity contribution < 1.29 is 13.9 Å². The number of hydrogen-bond donors (Lipinski definition) is 3. The summed E-state index contributed by atoms with van der Waals surface area (Å²) < 4.78 is 11.1. The molecule has 3 rings (SSSR count). The number of carbonyl (C=O) groups is 1. The maximum absolute atomic E-state index is 11.7. The van der Waals surface area contributed by atoms with E-state index in [0.717, 1.165) is 37.3 Å². The van der Waals surface area contributed by atoms with Crippen molar-refractivity contribution in [1.29, 1.82) is 0 Å². The van der Waals surface area contributed by atoms with E-state index in [-0.39, 0.29) is 36.5 Å². The van der Waals surface area contributed by atoms with Crippen LogP contribution in [0.15, 0.2) is 33.7 Å². The van der Waals surface area contributed by atoms with Gasteiger partial charge in [0.25, 0.3) is 5.91 Å². The average molecular weight is 527 g/mol. The summed E-state index contributed by atoms with van der Waals surface area (Å²) in [5.74, 6) is 2.81. The molecule has 0 radical (unpaired) electrons. The first-order valence-corrected chi connectivity index (χ1v) is 9.92. The molecule has 1 aliphatic rings. The minimum atomic E-state index is -0.0604. The number of rotatable bonds is 9. The fourth-order valence-electron chi connectivity index (χ4n) is 2.72. The van der Waals surface area contributed by atoms with Gasteiger partial charge in [-0.1, -0.05) is 12.1 Å². The third-order valence-electron chi connectivity index (χ3n) is 4.65. The highest BCUT2D eigenvalue weighted by Gasteiger charge is 2.23. The monoisotopic (exact) mass is 527 g/mol. The van der Waals surface area contributed by atoms with Gasteiger partial charge in [0.2, 0.25) is 5.89 Å². The van der Waals surface area contributed by atoms with Crippen LogP contribution in [-0.4, -0.2) is 43.1 Å². The smallest absolute Gasteiger partial charge is 0.258 e. The second-order valence-corrected chi connectivity index (χ2v) is 7.13. The molecular formula is C21H30IN5O3. The van der Waals surface area contributed by atoms with E-state index < -0.39 is 0 Å². The predicted octanol–water partition coefficient (Wildman–Crippen LogP) is 2.47. The number of hydrogen-bond acceptors (Lipinski definition) is 5. The van der Waals surface area contributed by atoms with E-state index in [0.29, 0.717) is 30.2 Å². The third-order valence-corrected chi connectivity index (χ3v) is 4.65. The van der Waals surface area contributed by atoms with E-state index in [1.165, 1.54) is 5.56 Å². The van der Waals surface area contributed by atoms with Gasteiger partial charge in [0.15, 0.2) is 12.6 Å². The summed E-state index contributed by atoms with van der Waals surface area (Å²) in [6, 6.07) is 8.14. The van der Waals surface area contributed by atoms with Crippen LogP contribution in [0, 0.1) is 13.8 Å². The maximum atomic E-state index is 11.7. The van der Waals surface area contributed by atoms with Crippen LogP contribution in [0.25, 0.3) is 0 Å². The van der Waals surface area contributed by atoms with Gasteiger partial charge >= 0.3 is 0 Å². The van der Waals surface area contributed by atoms with Crippen molar-refractivity contribution in [3.8, 4) is 5.75 Å². The Morgan fingerprint density at radius 3 is 2.57 bits per heavy atom. The molecule has 1 heterocycles. The molecule has 9 heteroatoms. The maximum Gasteiger partial charge on any atom is 0.258 e. The number of nitrogens with one attached hydrogen (secondary N) is 3. The van der Waals surface area contributed by atoms with Crippen molar-refractivity contribution in [1.82, 2.24) is 20.9 Å². The Labute approximate surface area is 194 Å². The number of halogens is 1. The first kappa shape index (κ1) is 24.0. The molecule has 0 unspecified atom stereocenters. The molecule has 0 atom stereocenters. The highest BCUT2D eigenvalue weighted by atomic mass is 127. The summed E-state index contributed by atoms with van der Waals surface area (Å²) >= 11 is 0. The summed E-state index contributed by atoms with van der Waals surface area (Å²) in [7, 11) is 1.73. The molecule has 3 N–H and O–H groups in total. The van der Waals surface area contributed by atoms with Crippen molar-refractivity contribution in [3.63, 3.8) is 0 Å². The summed E-state index contributed by atoms with van der Waals surface area (Å²) in [4.78, 5) is 20.2. The Morgan fingerprint density at radius 2 is 1.97 bits per heavy atom. The number of aliphatic imine (C=N–C) groups is 1. The van der Waals surface area contributed by atoms with Gasteiger partial charge in [-0.3, -0.25) is 9.79 Å². The lowest BCUT2D eigenvalue weighted by Crippen LogP contribution is -2.37. The molecule has 164 valence electrons. The zero-order valence-corrected chi connectivity index (χ0v) is 20.0. The third kappa shape index (κ3) is 7.85. The quantitative estimate of drug-likeness (QED) is 0.263. The van der Waals surface area contributed by atoms with Crippen molar-refractivity contribution >= 4 is 35.8 Å². The second kappa shape index (κ2) is 11.8. The van der Waals surface area contributed by atoms with Gasteiger partial charge in [-0.15, -0.1) is 24.0 Å². The molecule has 1 fully saturated rings. The van der Waals surface area contributed by atoms with Crippen LogP contribution < -0.4 is 20.7 Å². The van der Waals surface area contributed by atoms with E-state index in [4.69, 9.17) is 9.15 Å². The molecule has 1 aromatic heterocycles. The molecule has 30 heavy (non-hydrogen) atoms. The molecule has 0 saturated heterocycles. The van der Waals surface area contributed by atoms with E-state index in [1.807, 2.05) is 38.1 Å². The van der Waals surface area contributed by atoms with E-state index >= 15 is 0 Å². The normalized spacial score (nSPS) is 13.4.